The minimum Gasteiger partial charge on any atom is -0.288 e. The summed E-state index contributed by atoms with van der Waals surface area (Å²) in [4.78, 5) is 13.0. The fraction of sp³-hybridized carbons (Fsp3) is 0.0714. The number of benzene rings is 1. The lowest BCUT2D eigenvalue weighted by Gasteiger charge is -2.07. The molecule has 0 aliphatic heterocycles. The van der Waals surface area contributed by atoms with Crippen LogP contribution >= 0.6 is 11.6 Å². The highest BCUT2D eigenvalue weighted by Crippen LogP contribution is 2.20. The first-order valence-electron chi connectivity index (χ1n) is 5.84. The van der Waals surface area contributed by atoms with E-state index in [2.05, 4.69) is 15.0 Å². The molecule has 94 valence electrons. The Bertz CT molecular complexity index is 706. The van der Waals surface area contributed by atoms with E-state index in [1.165, 1.54) is 0 Å². The van der Waals surface area contributed by atoms with Crippen LogP contribution in [0.5, 0.6) is 0 Å². The lowest BCUT2D eigenvalue weighted by atomic mass is 10.2. The first kappa shape index (κ1) is 11.9. The molecule has 5 heteroatoms. The number of hydrogen-bond donors (Lipinski definition) is 0. The molecule has 0 N–H and O–H groups in total. The van der Waals surface area contributed by atoms with Gasteiger partial charge in [-0.15, -0.1) is 0 Å². The van der Waals surface area contributed by atoms with Gasteiger partial charge in [0.05, 0.1) is 0 Å². The van der Waals surface area contributed by atoms with Gasteiger partial charge >= 0.3 is 0 Å². The van der Waals surface area contributed by atoms with Gasteiger partial charge in [0.2, 0.25) is 0 Å². The molecule has 3 aromatic rings. The second kappa shape index (κ2) is 4.82. The van der Waals surface area contributed by atoms with E-state index in [4.69, 9.17) is 11.6 Å². The van der Waals surface area contributed by atoms with Gasteiger partial charge in [-0.05, 0) is 6.92 Å². The molecular formula is C14H11ClN4. The smallest absolute Gasteiger partial charge is 0.163 e. The van der Waals surface area contributed by atoms with Gasteiger partial charge in [0.1, 0.15) is 16.8 Å². The van der Waals surface area contributed by atoms with Gasteiger partial charge in [0.25, 0.3) is 0 Å². The van der Waals surface area contributed by atoms with Crippen molar-refractivity contribution in [3.63, 3.8) is 0 Å². The number of nitrogens with zero attached hydrogens (tertiary/aromatic N) is 4. The van der Waals surface area contributed by atoms with Crippen molar-refractivity contribution in [2.75, 3.05) is 0 Å². The summed E-state index contributed by atoms with van der Waals surface area (Å²) in [5, 5.41) is 0.414. The summed E-state index contributed by atoms with van der Waals surface area (Å²) in [5.41, 5.74) is 0.934. The Hall–Kier alpha value is -2.20. The number of halogens is 1. The normalized spacial score (nSPS) is 10.6. The lowest BCUT2D eigenvalue weighted by molar-refractivity contribution is 0.923. The van der Waals surface area contributed by atoms with Crippen molar-refractivity contribution < 1.29 is 0 Å². The molecule has 0 saturated carbocycles. The highest BCUT2D eigenvalue weighted by Gasteiger charge is 2.08. The van der Waals surface area contributed by atoms with Crippen LogP contribution in [0.1, 0.15) is 5.82 Å². The molecule has 0 radical (unpaired) electrons. The van der Waals surface area contributed by atoms with Crippen molar-refractivity contribution in [1.82, 2.24) is 19.5 Å². The highest BCUT2D eigenvalue weighted by atomic mass is 35.5. The SMILES string of the molecule is Cc1nccn1-c1cc(Cl)nc(-c2ccccc2)n1. The largest absolute Gasteiger partial charge is 0.288 e. The molecule has 0 aliphatic rings. The molecule has 0 unspecified atom stereocenters. The van der Waals surface area contributed by atoms with E-state index in [0.29, 0.717) is 16.8 Å². The van der Waals surface area contributed by atoms with Gasteiger partial charge in [0.15, 0.2) is 5.82 Å². The second-order valence-electron chi connectivity index (χ2n) is 4.08. The minimum absolute atomic E-state index is 0.414. The van der Waals surface area contributed by atoms with Gasteiger partial charge in [-0.2, -0.15) is 0 Å². The Balaban J connectivity index is 2.14. The van der Waals surface area contributed by atoms with Gasteiger partial charge < -0.3 is 0 Å². The monoisotopic (exact) mass is 270 g/mol. The molecule has 0 atom stereocenters. The van der Waals surface area contributed by atoms with Crippen LogP contribution in [0.2, 0.25) is 5.15 Å². The summed E-state index contributed by atoms with van der Waals surface area (Å²) in [6, 6.07) is 11.5. The third-order valence-electron chi connectivity index (χ3n) is 2.79. The Kier molecular flexibility index (Phi) is 3.01. The standard InChI is InChI=1S/C14H11ClN4/c1-10-16-7-8-19(10)13-9-12(15)17-14(18-13)11-5-3-2-4-6-11/h2-9H,1H3. The van der Waals surface area contributed by atoms with Crippen molar-refractivity contribution in [2.45, 2.75) is 6.92 Å². The molecule has 4 nitrogen and oxygen atoms in total. The summed E-state index contributed by atoms with van der Waals surface area (Å²) < 4.78 is 1.88. The predicted octanol–water partition coefficient (Wildman–Crippen LogP) is 3.29. The number of aryl methyl sites for hydroxylation is 1. The Labute approximate surface area is 115 Å². The van der Waals surface area contributed by atoms with E-state index in [1.54, 1.807) is 12.3 Å². The van der Waals surface area contributed by atoms with E-state index in [0.717, 1.165) is 11.4 Å². The molecule has 2 heterocycles. The van der Waals surface area contributed by atoms with Crippen LogP contribution in [0.3, 0.4) is 0 Å². The highest BCUT2D eigenvalue weighted by molar-refractivity contribution is 6.29. The molecule has 0 saturated heterocycles. The number of rotatable bonds is 2. The molecule has 3 rings (SSSR count). The molecule has 1 aromatic carbocycles. The summed E-state index contributed by atoms with van der Waals surface area (Å²) in [6.07, 6.45) is 3.58. The molecule has 0 amide bonds. The van der Waals surface area contributed by atoms with Crippen LogP contribution in [0.25, 0.3) is 17.2 Å². The zero-order chi connectivity index (χ0) is 13.2. The number of aromatic nitrogens is 4. The Morgan fingerprint density at radius 3 is 2.58 bits per heavy atom. The number of imidazole rings is 1. The second-order valence-corrected chi connectivity index (χ2v) is 4.47. The van der Waals surface area contributed by atoms with Gasteiger partial charge in [0, 0.05) is 24.0 Å². The fourth-order valence-electron chi connectivity index (χ4n) is 1.87. The summed E-state index contributed by atoms with van der Waals surface area (Å²) in [5.74, 6) is 2.18. The van der Waals surface area contributed by atoms with Gasteiger partial charge in [-0.1, -0.05) is 41.9 Å². The average molecular weight is 271 g/mol. The Morgan fingerprint density at radius 2 is 1.89 bits per heavy atom. The van der Waals surface area contributed by atoms with E-state index in [1.807, 2.05) is 48.0 Å². The van der Waals surface area contributed by atoms with Gasteiger partial charge in [-0.3, -0.25) is 4.57 Å². The van der Waals surface area contributed by atoms with E-state index >= 15 is 0 Å². The molecular weight excluding hydrogens is 260 g/mol. The molecule has 19 heavy (non-hydrogen) atoms. The summed E-state index contributed by atoms with van der Waals surface area (Å²) in [6.45, 7) is 1.91. The molecule has 0 spiro atoms. The maximum atomic E-state index is 6.08. The molecule has 0 bridgehead atoms. The predicted molar refractivity (Wildman–Crippen MR) is 74.3 cm³/mol. The third kappa shape index (κ3) is 2.35. The fourth-order valence-corrected chi connectivity index (χ4v) is 2.04. The number of hydrogen-bond acceptors (Lipinski definition) is 3. The van der Waals surface area contributed by atoms with Crippen molar-refractivity contribution in [3.05, 3.63) is 59.8 Å². The van der Waals surface area contributed by atoms with Crippen molar-refractivity contribution in [2.24, 2.45) is 0 Å². The third-order valence-corrected chi connectivity index (χ3v) is 2.98. The quantitative estimate of drug-likeness (QED) is 0.671. The maximum absolute atomic E-state index is 6.08. The molecule has 0 fully saturated rings. The van der Waals surface area contributed by atoms with Crippen LogP contribution in [0.4, 0.5) is 0 Å². The average Bonchev–Trinajstić information content (AvgIpc) is 2.85. The van der Waals surface area contributed by atoms with E-state index < -0.39 is 0 Å². The van der Waals surface area contributed by atoms with Crippen molar-refractivity contribution >= 4 is 11.6 Å². The maximum Gasteiger partial charge on any atom is 0.163 e. The lowest BCUT2D eigenvalue weighted by Crippen LogP contribution is -2.01. The van der Waals surface area contributed by atoms with Crippen LogP contribution in [-0.4, -0.2) is 19.5 Å². The van der Waals surface area contributed by atoms with Gasteiger partial charge in [-0.25, -0.2) is 15.0 Å². The first-order valence-corrected chi connectivity index (χ1v) is 6.22. The summed E-state index contributed by atoms with van der Waals surface area (Å²) in [7, 11) is 0. The van der Waals surface area contributed by atoms with Crippen LogP contribution in [0, 0.1) is 6.92 Å². The van der Waals surface area contributed by atoms with Crippen LogP contribution < -0.4 is 0 Å². The first-order chi connectivity index (χ1) is 9.24. The minimum atomic E-state index is 0.414. The van der Waals surface area contributed by atoms with E-state index in [9.17, 15) is 0 Å². The summed E-state index contributed by atoms with van der Waals surface area (Å²) >= 11 is 6.08. The molecule has 0 aliphatic carbocycles. The zero-order valence-corrected chi connectivity index (χ0v) is 11.0. The van der Waals surface area contributed by atoms with Crippen molar-refractivity contribution in [1.29, 1.82) is 0 Å². The molecule has 2 aromatic heterocycles. The Morgan fingerprint density at radius 1 is 1.11 bits per heavy atom. The van der Waals surface area contributed by atoms with Crippen molar-refractivity contribution in [3.8, 4) is 17.2 Å². The van der Waals surface area contributed by atoms with Crippen LogP contribution in [0.15, 0.2) is 48.8 Å². The topological polar surface area (TPSA) is 43.6 Å². The zero-order valence-electron chi connectivity index (χ0n) is 10.3. The van der Waals surface area contributed by atoms with Crippen LogP contribution in [-0.2, 0) is 0 Å². The van der Waals surface area contributed by atoms with E-state index in [-0.39, 0.29) is 0 Å².